The van der Waals surface area contributed by atoms with Gasteiger partial charge in [-0.2, -0.15) is 0 Å². The third-order valence-electron chi connectivity index (χ3n) is 3.94. The van der Waals surface area contributed by atoms with Crippen LogP contribution in [0.25, 0.3) is 5.69 Å². The Hall–Kier alpha value is -2.62. The summed E-state index contributed by atoms with van der Waals surface area (Å²) < 4.78 is 1.99. The SMILES string of the molecule is c1ccc(Nc2nncn2-c2ccc3c(c2)CCC3)cc1. The maximum absolute atomic E-state index is 4.18. The number of nitrogens with one attached hydrogen (secondary N) is 1. The van der Waals surface area contributed by atoms with E-state index in [1.165, 1.54) is 30.4 Å². The lowest BCUT2D eigenvalue weighted by Gasteiger charge is -2.10. The monoisotopic (exact) mass is 276 g/mol. The maximum Gasteiger partial charge on any atom is 0.233 e. The van der Waals surface area contributed by atoms with Gasteiger partial charge in [-0.05, 0) is 54.7 Å². The molecule has 2 aromatic carbocycles. The van der Waals surface area contributed by atoms with Crippen molar-refractivity contribution in [3.63, 3.8) is 0 Å². The number of benzene rings is 2. The average Bonchev–Trinajstić information content (AvgIpc) is 3.16. The minimum absolute atomic E-state index is 0.735. The third kappa shape index (κ3) is 2.29. The molecule has 1 aromatic heterocycles. The summed E-state index contributed by atoms with van der Waals surface area (Å²) in [7, 11) is 0. The van der Waals surface area contributed by atoms with E-state index in [-0.39, 0.29) is 0 Å². The van der Waals surface area contributed by atoms with Gasteiger partial charge in [0.1, 0.15) is 6.33 Å². The van der Waals surface area contributed by atoms with Gasteiger partial charge in [0.05, 0.1) is 5.69 Å². The molecule has 4 nitrogen and oxygen atoms in total. The number of rotatable bonds is 3. The van der Waals surface area contributed by atoms with Crippen LogP contribution < -0.4 is 5.32 Å². The lowest BCUT2D eigenvalue weighted by molar-refractivity contribution is 0.911. The number of anilines is 2. The topological polar surface area (TPSA) is 42.7 Å². The molecule has 3 aromatic rings. The number of fused-ring (bicyclic) bond motifs is 1. The van der Waals surface area contributed by atoms with Gasteiger partial charge >= 0.3 is 0 Å². The first kappa shape index (κ1) is 12.1. The number of para-hydroxylation sites is 1. The summed E-state index contributed by atoms with van der Waals surface area (Å²) in [5.74, 6) is 0.735. The van der Waals surface area contributed by atoms with Gasteiger partial charge in [0.2, 0.25) is 5.95 Å². The molecular weight excluding hydrogens is 260 g/mol. The van der Waals surface area contributed by atoms with E-state index in [1.54, 1.807) is 6.33 Å². The van der Waals surface area contributed by atoms with Crippen LogP contribution in [0.4, 0.5) is 11.6 Å². The number of hydrogen-bond donors (Lipinski definition) is 1. The molecule has 4 rings (SSSR count). The molecule has 1 aliphatic rings. The Bertz CT molecular complexity index is 761. The second-order valence-electron chi connectivity index (χ2n) is 5.32. The number of aromatic nitrogens is 3. The van der Waals surface area contributed by atoms with Gasteiger partial charge in [0.15, 0.2) is 0 Å². The summed E-state index contributed by atoms with van der Waals surface area (Å²) in [5.41, 5.74) is 5.04. The maximum atomic E-state index is 4.18. The molecule has 1 heterocycles. The highest BCUT2D eigenvalue weighted by molar-refractivity contribution is 5.56. The molecule has 4 heteroatoms. The van der Waals surface area contributed by atoms with Crippen molar-refractivity contribution in [1.82, 2.24) is 14.8 Å². The van der Waals surface area contributed by atoms with Gasteiger partial charge in [-0.3, -0.25) is 4.57 Å². The van der Waals surface area contributed by atoms with Crippen molar-refractivity contribution in [3.8, 4) is 5.69 Å². The fraction of sp³-hybridized carbons (Fsp3) is 0.176. The summed E-state index contributed by atoms with van der Waals surface area (Å²) >= 11 is 0. The molecule has 0 fully saturated rings. The minimum atomic E-state index is 0.735. The Balaban J connectivity index is 1.69. The van der Waals surface area contributed by atoms with Gasteiger partial charge in [-0.1, -0.05) is 24.3 Å². The molecule has 0 saturated heterocycles. The van der Waals surface area contributed by atoms with Gasteiger partial charge in [0.25, 0.3) is 0 Å². The standard InChI is InChI=1S/C17H16N4/c1-2-7-15(8-3-1)19-17-20-18-12-21(17)16-10-9-13-5-4-6-14(13)11-16/h1-3,7-12H,4-6H2,(H,19,20). The quantitative estimate of drug-likeness (QED) is 0.796. The van der Waals surface area contributed by atoms with E-state index in [1.807, 2.05) is 34.9 Å². The summed E-state index contributed by atoms with van der Waals surface area (Å²) in [6, 6.07) is 16.6. The van der Waals surface area contributed by atoms with Crippen LogP contribution in [-0.2, 0) is 12.8 Å². The molecule has 0 radical (unpaired) electrons. The first-order chi connectivity index (χ1) is 10.4. The second kappa shape index (κ2) is 5.05. The zero-order valence-corrected chi connectivity index (χ0v) is 11.7. The normalized spacial score (nSPS) is 13.1. The molecule has 21 heavy (non-hydrogen) atoms. The van der Waals surface area contributed by atoms with Gasteiger partial charge < -0.3 is 5.32 Å². The molecule has 0 spiro atoms. The summed E-state index contributed by atoms with van der Waals surface area (Å²) in [4.78, 5) is 0. The predicted octanol–water partition coefficient (Wildman–Crippen LogP) is 3.50. The van der Waals surface area contributed by atoms with Crippen molar-refractivity contribution in [1.29, 1.82) is 0 Å². The smallest absolute Gasteiger partial charge is 0.233 e. The molecular formula is C17H16N4. The highest BCUT2D eigenvalue weighted by Crippen LogP contribution is 2.26. The molecule has 0 saturated carbocycles. The zero-order chi connectivity index (χ0) is 14.1. The number of hydrogen-bond acceptors (Lipinski definition) is 3. The van der Waals surface area contributed by atoms with E-state index < -0.39 is 0 Å². The van der Waals surface area contributed by atoms with E-state index in [9.17, 15) is 0 Å². The highest BCUT2D eigenvalue weighted by atomic mass is 15.3. The zero-order valence-electron chi connectivity index (χ0n) is 11.7. The predicted molar refractivity (Wildman–Crippen MR) is 83.1 cm³/mol. The average molecular weight is 276 g/mol. The molecule has 1 aliphatic carbocycles. The van der Waals surface area contributed by atoms with Crippen molar-refractivity contribution in [2.45, 2.75) is 19.3 Å². The van der Waals surface area contributed by atoms with Crippen molar-refractivity contribution in [2.75, 3.05) is 5.32 Å². The Labute approximate surface area is 123 Å². The highest BCUT2D eigenvalue weighted by Gasteiger charge is 2.13. The minimum Gasteiger partial charge on any atom is -0.324 e. The summed E-state index contributed by atoms with van der Waals surface area (Å²) in [6.07, 6.45) is 5.39. The van der Waals surface area contributed by atoms with Crippen molar-refractivity contribution in [3.05, 3.63) is 66.0 Å². The first-order valence-corrected chi connectivity index (χ1v) is 7.24. The number of nitrogens with zero attached hydrogens (tertiary/aromatic N) is 3. The van der Waals surface area contributed by atoms with Crippen LogP contribution in [0.5, 0.6) is 0 Å². The first-order valence-electron chi connectivity index (χ1n) is 7.24. The van der Waals surface area contributed by atoms with Crippen LogP contribution in [0.2, 0.25) is 0 Å². The summed E-state index contributed by atoms with van der Waals surface area (Å²) in [6.45, 7) is 0. The van der Waals surface area contributed by atoms with E-state index in [0.29, 0.717) is 0 Å². The molecule has 0 bridgehead atoms. The van der Waals surface area contributed by atoms with Crippen LogP contribution in [0, 0.1) is 0 Å². The largest absolute Gasteiger partial charge is 0.324 e. The van der Waals surface area contributed by atoms with E-state index in [0.717, 1.165) is 17.3 Å². The van der Waals surface area contributed by atoms with E-state index in [2.05, 4.69) is 33.7 Å². The summed E-state index contributed by atoms with van der Waals surface area (Å²) in [5, 5.41) is 11.5. The lowest BCUT2D eigenvalue weighted by Crippen LogP contribution is -2.01. The Morgan fingerprint density at radius 2 is 1.81 bits per heavy atom. The van der Waals surface area contributed by atoms with Crippen molar-refractivity contribution < 1.29 is 0 Å². The molecule has 1 N–H and O–H groups in total. The molecule has 104 valence electrons. The molecule has 0 atom stereocenters. The van der Waals surface area contributed by atoms with Gasteiger partial charge in [-0.25, -0.2) is 0 Å². The molecule has 0 unspecified atom stereocenters. The van der Waals surface area contributed by atoms with Gasteiger partial charge in [0, 0.05) is 5.69 Å². The number of aryl methyl sites for hydroxylation is 2. The van der Waals surface area contributed by atoms with Crippen LogP contribution >= 0.6 is 0 Å². The lowest BCUT2D eigenvalue weighted by atomic mass is 10.1. The van der Waals surface area contributed by atoms with Crippen molar-refractivity contribution in [2.24, 2.45) is 0 Å². The fourth-order valence-electron chi connectivity index (χ4n) is 2.87. The Morgan fingerprint density at radius 3 is 2.71 bits per heavy atom. The Morgan fingerprint density at radius 1 is 0.952 bits per heavy atom. The van der Waals surface area contributed by atoms with Crippen LogP contribution in [-0.4, -0.2) is 14.8 Å². The van der Waals surface area contributed by atoms with Crippen LogP contribution in [0.1, 0.15) is 17.5 Å². The van der Waals surface area contributed by atoms with Crippen LogP contribution in [0.3, 0.4) is 0 Å². The molecule has 0 aliphatic heterocycles. The second-order valence-corrected chi connectivity index (χ2v) is 5.32. The molecule has 0 amide bonds. The van der Waals surface area contributed by atoms with Gasteiger partial charge in [-0.15, -0.1) is 10.2 Å². The van der Waals surface area contributed by atoms with Crippen molar-refractivity contribution >= 4 is 11.6 Å². The van der Waals surface area contributed by atoms with E-state index in [4.69, 9.17) is 0 Å². The fourth-order valence-corrected chi connectivity index (χ4v) is 2.87. The third-order valence-corrected chi connectivity index (χ3v) is 3.94. The van der Waals surface area contributed by atoms with E-state index >= 15 is 0 Å². The van der Waals surface area contributed by atoms with Crippen LogP contribution in [0.15, 0.2) is 54.9 Å². The Kier molecular flexibility index (Phi) is 2.92.